The minimum absolute atomic E-state index is 0.300. The largest absolute Gasteiger partial charge is 0.479 e. The Bertz CT molecular complexity index is 704. The van der Waals surface area contributed by atoms with Crippen molar-refractivity contribution in [3.63, 3.8) is 0 Å². The van der Waals surface area contributed by atoms with Crippen LogP contribution < -0.4 is 15.2 Å². The number of halogens is 2. The molecular weight excluding hydrogens is 296 g/mol. The molecule has 2 aromatic rings. The molecule has 2 N–H and O–H groups in total. The summed E-state index contributed by atoms with van der Waals surface area (Å²) in [7, 11) is 0. The molecule has 0 spiro atoms. The van der Waals surface area contributed by atoms with E-state index < -0.39 is 41.4 Å². The number of ether oxygens (including phenoxy) is 2. The summed E-state index contributed by atoms with van der Waals surface area (Å²) in [5.41, 5.74) is 3.95. The van der Waals surface area contributed by atoms with Crippen molar-refractivity contribution in [3.8, 4) is 11.5 Å². The van der Waals surface area contributed by atoms with Crippen molar-refractivity contribution < 1.29 is 27.8 Å². The summed E-state index contributed by atoms with van der Waals surface area (Å²) < 4.78 is 36.9. The Balaban J connectivity index is 2.04. The van der Waals surface area contributed by atoms with Crippen molar-refractivity contribution in [2.24, 2.45) is 5.73 Å². The summed E-state index contributed by atoms with van der Waals surface area (Å²) in [6.45, 7) is -0.615. The number of carbonyl (C=O) groups is 2. The first kappa shape index (κ1) is 15.4. The van der Waals surface area contributed by atoms with Crippen LogP contribution in [0, 0.1) is 11.6 Å². The average Bonchev–Trinajstić information content (AvgIpc) is 2.47. The fourth-order valence-electron chi connectivity index (χ4n) is 1.66. The third-order valence-electron chi connectivity index (χ3n) is 2.62. The maximum atomic E-state index is 13.8. The first-order valence-corrected chi connectivity index (χ1v) is 6.15. The minimum Gasteiger partial charge on any atom is -0.479 e. The second-order valence-electron chi connectivity index (χ2n) is 4.17. The van der Waals surface area contributed by atoms with Gasteiger partial charge >= 0.3 is 5.97 Å². The number of nitrogens with two attached hydrogens (primary N) is 1. The molecule has 1 amide bonds. The molecule has 0 atom stereocenters. The van der Waals surface area contributed by atoms with Crippen LogP contribution in [0.3, 0.4) is 0 Å². The Morgan fingerprint density at radius 3 is 2.36 bits per heavy atom. The lowest BCUT2D eigenvalue weighted by molar-refractivity contribution is -0.136. The van der Waals surface area contributed by atoms with Gasteiger partial charge in [0.1, 0.15) is 17.1 Å². The summed E-state index contributed by atoms with van der Waals surface area (Å²) in [5, 5.41) is 0. The third-order valence-corrected chi connectivity index (χ3v) is 2.62. The van der Waals surface area contributed by atoms with Crippen LogP contribution in [-0.4, -0.2) is 18.5 Å². The van der Waals surface area contributed by atoms with Gasteiger partial charge in [0, 0.05) is 0 Å². The molecule has 0 aliphatic carbocycles. The van der Waals surface area contributed by atoms with Gasteiger partial charge in [-0.15, -0.1) is 0 Å². The number of amides is 1. The fourth-order valence-corrected chi connectivity index (χ4v) is 1.66. The number of esters is 1. The Morgan fingerprint density at radius 1 is 1.05 bits per heavy atom. The molecule has 2 rings (SSSR count). The molecule has 114 valence electrons. The molecule has 5 nitrogen and oxygen atoms in total. The SMILES string of the molecule is NC(=O)c1c(F)ccc(OCC(=O)Oc2ccccc2)c1F. The minimum atomic E-state index is -1.27. The van der Waals surface area contributed by atoms with Crippen molar-refractivity contribution in [2.45, 2.75) is 0 Å². The quantitative estimate of drug-likeness (QED) is 0.677. The highest BCUT2D eigenvalue weighted by molar-refractivity contribution is 5.93. The van der Waals surface area contributed by atoms with Crippen LogP contribution in [0.4, 0.5) is 8.78 Å². The van der Waals surface area contributed by atoms with Crippen molar-refractivity contribution in [2.75, 3.05) is 6.61 Å². The number of carbonyl (C=O) groups excluding carboxylic acids is 2. The van der Waals surface area contributed by atoms with E-state index in [1.54, 1.807) is 30.3 Å². The molecule has 0 radical (unpaired) electrons. The van der Waals surface area contributed by atoms with Gasteiger partial charge in [-0.1, -0.05) is 18.2 Å². The molecule has 0 saturated carbocycles. The normalized spacial score (nSPS) is 10.1. The molecule has 0 unspecified atom stereocenters. The average molecular weight is 307 g/mol. The molecule has 0 saturated heterocycles. The summed E-state index contributed by atoms with van der Waals surface area (Å²) in [5.74, 6) is -4.60. The van der Waals surface area contributed by atoms with Crippen LogP contribution >= 0.6 is 0 Å². The molecule has 0 heterocycles. The van der Waals surface area contributed by atoms with Crippen molar-refractivity contribution in [3.05, 3.63) is 59.7 Å². The van der Waals surface area contributed by atoms with Crippen LogP contribution in [0.25, 0.3) is 0 Å². The van der Waals surface area contributed by atoms with Crippen LogP contribution in [0.2, 0.25) is 0 Å². The number of primary amides is 1. The molecule has 0 aliphatic heterocycles. The van der Waals surface area contributed by atoms with E-state index in [0.717, 1.165) is 12.1 Å². The Kier molecular flexibility index (Phi) is 4.67. The topological polar surface area (TPSA) is 78.6 Å². The van der Waals surface area contributed by atoms with Gasteiger partial charge in [-0.2, -0.15) is 0 Å². The van der Waals surface area contributed by atoms with E-state index in [1.807, 2.05) is 0 Å². The standard InChI is InChI=1S/C15H11F2NO4/c16-10-6-7-11(14(17)13(10)15(18)20)21-8-12(19)22-9-4-2-1-3-5-9/h1-7H,8H2,(H2,18,20). The Hall–Kier alpha value is -2.96. The van der Waals surface area contributed by atoms with Gasteiger partial charge in [0.05, 0.1) is 0 Å². The van der Waals surface area contributed by atoms with Gasteiger partial charge < -0.3 is 15.2 Å². The van der Waals surface area contributed by atoms with E-state index in [0.29, 0.717) is 5.75 Å². The summed E-state index contributed by atoms with van der Waals surface area (Å²) in [6, 6.07) is 9.97. The van der Waals surface area contributed by atoms with E-state index in [-0.39, 0.29) is 0 Å². The molecule has 0 bridgehead atoms. The van der Waals surface area contributed by atoms with E-state index in [9.17, 15) is 18.4 Å². The lowest BCUT2D eigenvalue weighted by atomic mass is 10.2. The Labute approximate surface area is 124 Å². The van der Waals surface area contributed by atoms with E-state index >= 15 is 0 Å². The maximum absolute atomic E-state index is 13.8. The fraction of sp³-hybridized carbons (Fsp3) is 0.0667. The molecule has 22 heavy (non-hydrogen) atoms. The highest BCUT2D eigenvalue weighted by atomic mass is 19.1. The lowest BCUT2D eigenvalue weighted by Crippen LogP contribution is -2.20. The smallest absolute Gasteiger partial charge is 0.349 e. The van der Waals surface area contributed by atoms with Crippen LogP contribution in [0.15, 0.2) is 42.5 Å². The number of hydrogen-bond acceptors (Lipinski definition) is 4. The number of rotatable bonds is 5. The predicted octanol–water partition coefficient (Wildman–Crippen LogP) is 2.05. The van der Waals surface area contributed by atoms with Crippen molar-refractivity contribution >= 4 is 11.9 Å². The molecule has 0 aromatic heterocycles. The number of para-hydroxylation sites is 1. The lowest BCUT2D eigenvalue weighted by Gasteiger charge is -2.09. The maximum Gasteiger partial charge on any atom is 0.349 e. The van der Waals surface area contributed by atoms with Crippen molar-refractivity contribution in [1.82, 2.24) is 0 Å². The van der Waals surface area contributed by atoms with Crippen molar-refractivity contribution in [1.29, 1.82) is 0 Å². The second-order valence-corrected chi connectivity index (χ2v) is 4.17. The van der Waals surface area contributed by atoms with Gasteiger partial charge in [-0.25, -0.2) is 13.6 Å². The molecular formula is C15H11F2NO4. The number of benzene rings is 2. The summed E-state index contributed by atoms with van der Waals surface area (Å²) >= 11 is 0. The zero-order valence-electron chi connectivity index (χ0n) is 11.2. The van der Waals surface area contributed by atoms with Crippen LogP contribution in [0.1, 0.15) is 10.4 Å². The van der Waals surface area contributed by atoms with Gasteiger partial charge in [0.15, 0.2) is 18.2 Å². The van der Waals surface area contributed by atoms with E-state index in [4.69, 9.17) is 15.2 Å². The van der Waals surface area contributed by atoms with Gasteiger partial charge in [-0.05, 0) is 24.3 Å². The van der Waals surface area contributed by atoms with E-state index in [1.165, 1.54) is 0 Å². The first-order valence-electron chi connectivity index (χ1n) is 6.15. The predicted molar refractivity (Wildman–Crippen MR) is 72.4 cm³/mol. The van der Waals surface area contributed by atoms with Crippen LogP contribution in [-0.2, 0) is 4.79 Å². The highest BCUT2D eigenvalue weighted by Crippen LogP contribution is 2.23. The second kappa shape index (κ2) is 6.66. The summed E-state index contributed by atoms with van der Waals surface area (Å²) in [4.78, 5) is 22.5. The monoisotopic (exact) mass is 307 g/mol. The molecule has 0 fully saturated rings. The van der Waals surface area contributed by atoms with E-state index in [2.05, 4.69) is 0 Å². The van der Waals surface area contributed by atoms with Gasteiger partial charge in [0.2, 0.25) is 0 Å². The molecule has 2 aromatic carbocycles. The van der Waals surface area contributed by atoms with Gasteiger partial charge in [-0.3, -0.25) is 4.79 Å². The first-order chi connectivity index (χ1) is 10.5. The molecule has 0 aliphatic rings. The third kappa shape index (κ3) is 3.57. The van der Waals surface area contributed by atoms with Crippen LogP contribution in [0.5, 0.6) is 11.5 Å². The molecule has 7 heteroatoms. The highest BCUT2D eigenvalue weighted by Gasteiger charge is 2.20. The van der Waals surface area contributed by atoms with Gasteiger partial charge in [0.25, 0.3) is 5.91 Å². The zero-order valence-corrected chi connectivity index (χ0v) is 11.2. The number of hydrogen-bond donors (Lipinski definition) is 1. The summed E-state index contributed by atoms with van der Waals surface area (Å²) in [6.07, 6.45) is 0. The zero-order chi connectivity index (χ0) is 16.1. The Morgan fingerprint density at radius 2 is 1.73 bits per heavy atom.